The van der Waals surface area contributed by atoms with Crippen molar-refractivity contribution in [2.24, 2.45) is 5.92 Å². The number of anilines is 1. The van der Waals surface area contributed by atoms with Crippen LogP contribution in [-0.4, -0.2) is 29.1 Å². The molecule has 0 aliphatic rings. The molecule has 4 nitrogen and oxygen atoms in total. The maximum absolute atomic E-state index is 13.9. The molecule has 0 unspecified atom stereocenters. The van der Waals surface area contributed by atoms with Gasteiger partial charge in [0.25, 0.3) is 0 Å². The van der Waals surface area contributed by atoms with Crippen LogP contribution in [-0.2, 0) is 0 Å². The Morgan fingerprint density at radius 1 is 1.59 bits per heavy atom. The first-order chi connectivity index (χ1) is 7.97. The van der Waals surface area contributed by atoms with Crippen LogP contribution in [0.4, 0.5) is 10.2 Å². The van der Waals surface area contributed by atoms with Crippen molar-refractivity contribution >= 4 is 11.8 Å². The fraction of sp³-hybridized carbons (Fsp3) is 0.500. The molecule has 0 bridgehead atoms. The summed E-state index contributed by atoms with van der Waals surface area (Å²) >= 11 is 0. The summed E-state index contributed by atoms with van der Waals surface area (Å²) in [5.41, 5.74) is -0.336. The van der Waals surface area contributed by atoms with E-state index in [-0.39, 0.29) is 11.4 Å². The van der Waals surface area contributed by atoms with Crippen LogP contribution in [0.25, 0.3) is 0 Å². The summed E-state index contributed by atoms with van der Waals surface area (Å²) in [6.07, 6.45) is 1.32. The Kier molecular flexibility index (Phi) is 4.43. The SMILES string of the molecule is CCN(CC(C)C)c1nccc(C(=O)O)c1F. The number of rotatable bonds is 5. The third-order valence-corrected chi connectivity index (χ3v) is 2.37. The maximum atomic E-state index is 13.9. The molecule has 0 saturated carbocycles. The molecule has 0 aliphatic heterocycles. The second-order valence-electron chi connectivity index (χ2n) is 4.23. The summed E-state index contributed by atoms with van der Waals surface area (Å²) < 4.78 is 13.9. The van der Waals surface area contributed by atoms with Crippen LogP contribution in [0.5, 0.6) is 0 Å². The van der Waals surface area contributed by atoms with E-state index in [0.29, 0.717) is 19.0 Å². The number of halogens is 1. The van der Waals surface area contributed by atoms with Crippen molar-refractivity contribution in [3.05, 3.63) is 23.6 Å². The lowest BCUT2D eigenvalue weighted by Gasteiger charge is -2.24. The summed E-state index contributed by atoms with van der Waals surface area (Å²) in [5.74, 6) is -1.57. The molecule has 1 heterocycles. The zero-order valence-electron chi connectivity index (χ0n) is 10.3. The van der Waals surface area contributed by atoms with E-state index in [1.54, 1.807) is 4.90 Å². The van der Waals surface area contributed by atoms with Crippen molar-refractivity contribution in [3.63, 3.8) is 0 Å². The molecule has 5 heteroatoms. The number of aromatic nitrogens is 1. The van der Waals surface area contributed by atoms with Gasteiger partial charge in [0.1, 0.15) is 5.56 Å². The summed E-state index contributed by atoms with van der Waals surface area (Å²) in [5, 5.41) is 8.84. The third-order valence-electron chi connectivity index (χ3n) is 2.37. The van der Waals surface area contributed by atoms with Crippen LogP contribution in [0.2, 0.25) is 0 Å². The van der Waals surface area contributed by atoms with Crippen molar-refractivity contribution in [2.45, 2.75) is 20.8 Å². The van der Waals surface area contributed by atoms with Gasteiger partial charge in [0.2, 0.25) is 0 Å². The van der Waals surface area contributed by atoms with Crippen LogP contribution in [0.3, 0.4) is 0 Å². The van der Waals surface area contributed by atoms with E-state index in [2.05, 4.69) is 4.98 Å². The molecule has 1 rings (SSSR count). The largest absolute Gasteiger partial charge is 0.478 e. The minimum atomic E-state index is -1.27. The molecule has 17 heavy (non-hydrogen) atoms. The lowest BCUT2D eigenvalue weighted by atomic mass is 10.2. The van der Waals surface area contributed by atoms with E-state index in [4.69, 9.17) is 5.11 Å². The van der Waals surface area contributed by atoms with Gasteiger partial charge in [-0.1, -0.05) is 13.8 Å². The van der Waals surface area contributed by atoms with Gasteiger partial charge in [0.15, 0.2) is 11.6 Å². The van der Waals surface area contributed by atoms with Crippen LogP contribution in [0.1, 0.15) is 31.1 Å². The van der Waals surface area contributed by atoms with E-state index < -0.39 is 11.8 Å². The molecule has 0 radical (unpaired) electrons. The average molecular weight is 240 g/mol. The fourth-order valence-electron chi connectivity index (χ4n) is 1.62. The zero-order valence-corrected chi connectivity index (χ0v) is 10.3. The molecular weight excluding hydrogens is 223 g/mol. The Hall–Kier alpha value is -1.65. The van der Waals surface area contributed by atoms with E-state index in [1.807, 2.05) is 20.8 Å². The van der Waals surface area contributed by atoms with Gasteiger partial charge in [-0.3, -0.25) is 0 Å². The minimum absolute atomic E-state index is 0.112. The third kappa shape index (κ3) is 3.15. The summed E-state index contributed by atoms with van der Waals surface area (Å²) in [7, 11) is 0. The number of carbonyl (C=O) groups is 1. The summed E-state index contributed by atoms with van der Waals surface area (Å²) in [6, 6.07) is 1.17. The number of hydrogen-bond acceptors (Lipinski definition) is 3. The van der Waals surface area contributed by atoms with Gasteiger partial charge >= 0.3 is 5.97 Å². The number of carboxylic acids is 1. The van der Waals surface area contributed by atoms with E-state index in [0.717, 1.165) is 0 Å². The molecule has 0 saturated heterocycles. The molecular formula is C12H17FN2O2. The van der Waals surface area contributed by atoms with Crippen molar-refractivity contribution in [1.29, 1.82) is 0 Å². The van der Waals surface area contributed by atoms with Crippen LogP contribution in [0, 0.1) is 11.7 Å². The predicted molar refractivity (Wildman–Crippen MR) is 63.9 cm³/mol. The molecule has 0 fully saturated rings. The molecule has 0 atom stereocenters. The molecule has 0 aromatic carbocycles. The van der Waals surface area contributed by atoms with Crippen LogP contribution in [0.15, 0.2) is 12.3 Å². The Labute approximate surface area is 100 Å². The van der Waals surface area contributed by atoms with E-state index in [1.165, 1.54) is 12.3 Å². The molecule has 0 spiro atoms. The van der Waals surface area contributed by atoms with Gasteiger partial charge in [-0.15, -0.1) is 0 Å². The summed E-state index contributed by atoms with van der Waals surface area (Å²) in [4.78, 5) is 16.5. The number of hydrogen-bond donors (Lipinski definition) is 1. The van der Waals surface area contributed by atoms with Crippen LogP contribution < -0.4 is 4.90 Å². The lowest BCUT2D eigenvalue weighted by molar-refractivity contribution is 0.0691. The smallest absolute Gasteiger partial charge is 0.338 e. The van der Waals surface area contributed by atoms with Crippen molar-refractivity contribution in [3.8, 4) is 0 Å². The molecule has 1 N–H and O–H groups in total. The standard InChI is InChI=1S/C12H17FN2O2/c1-4-15(7-8(2)3)11-10(13)9(12(16)17)5-6-14-11/h5-6,8H,4,7H2,1-3H3,(H,16,17). The highest BCUT2D eigenvalue weighted by molar-refractivity contribution is 5.88. The number of aromatic carboxylic acids is 1. The zero-order chi connectivity index (χ0) is 13.0. The van der Waals surface area contributed by atoms with Gasteiger partial charge in [-0.25, -0.2) is 14.2 Å². The Morgan fingerprint density at radius 3 is 2.71 bits per heavy atom. The second kappa shape index (κ2) is 5.61. The van der Waals surface area contributed by atoms with Crippen molar-refractivity contribution < 1.29 is 14.3 Å². The Bertz CT molecular complexity index is 407. The number of pyridine rings is 1. The fourth-order valence-corrected chi connectivity index (χ4v) is 1.62. The Morgan fingerprint density at radius 2 is 2.24 bits per heavy atom. The first-order valence-electron chi connectivity index (χ1n) is 5.60. The number of nitrogens with zero attached hydrogens (tertiary/aromatic N) is 2. The predicted octanol–water partition coefficient (Wildman–Crippen LogP) is 2.40. The topological polar surface area (TPSA) is 53.4 Å². The molecule has 0 amide bonds. The molecule has 0 aliphatic carbocycles. The monoisotopic (exact) mass is 240 g/mol. The van der Waals surface area contributed by atoms with Crippen molar-refractivity contribution in [1.82, 2.24) is 4.98 Å². The average Bonchev–Trinajstić information content (AvgIpc) is 2.26. The molecule has 94 valence electrons. The highest BCUT2D eigenvalue weighted by atomic mass is 19.1. The Balaban J connectivity index is 3.11. The quantitative estimate of drug-likeness (QED) is 0.858. The van der Waals surface area contributed by atoms with Gasteiger partial charge in [0.05, 0.1) is 0 Å². The lowest BCUT2D eigenvalue weighted by Crippen LogP contribution is -2.29. The minimum Gasteiger partial charge on any atom is -0.478 e. The maximum Gasteiger partial charge on any atom is 0.338 e. The highest BCUT2D eigenvalue weighted by Crippen LogP contribution is 2.20. The van der Waals surface area contributed by atoms with E-state index in [9.17, 15) is 9.18 Å². The van der Waals surface area contributed by atoms with Crippen LogP contribution >= 0.6 is 0 Å². The van der Waals surface area contributed by atoms with Gasteiger partial charge < -0.3 is 10.0 Å². The molecule has 1 aromatic heterocycles. The summed E-state index contributed by atoms with van der Waals surface area (Å²) in [6.45, 7) is 7.15. The second-order valence-corrected chi connectivity index (χ2v) is 4.23. The van der Waals surface area contributed by atoms with Gasteiger partial charge in [-0.2, -0.15) is 0 Å². The normalized spacial score (nSPS) is 10.6. The first kappa shape index (κ1) is 13.4. The molecule has 1 aromatic rings. The highest BCUT2D eigenvalue weighted by Gasteiger charge is 2.19. The number of carboxylic acid groups (broad SMARTS) is 1. The van der Waals surface area contributed by atoms with Crippen molar-refractivity contribution in [2.75, 3.05) is 18.0 Å². The van der Waals surface area contributed by atoms with Gasteiger partial charge in [-0.05, 0) is 18.9 Å². The van der Waals surface area contributed by atoms with Gasteiger partial charge in [0, 0.05) is 19.3 Å². The van der Waals surface area contributed by atoms with E-state index >= 15 is 0 Å². The first-order valence-corrected chi connectivity index (χ1v) is 5.60.